The van der Waals surface area contributed by atoms with E-state index in [4.69, 9.17) is 0 Å². The Morgan fingerprint density at radius 1 is 1.21 bits per heavy atom. The minimum Gasteiger partial charge on any atom is -0.469 e. The van der Waals surface area contributed by atoms with Gasteiger partial charge in [0.15, 0.2) is 0 Å². The molecule has 0 saturated carbocycles. The van der Waals surface area contributed by atoms with Crippen LogP contribution in [0.25, 0.3) is 0 Å². The third-order valence-electron chi connectivity index (χ3n) is 5.88. The Hall–Kier alpha value is -1.74. The number of amides is 2. The average Bonchev–Trinajstić information content (AvgIpc) is 3.17. The molecule has 2 aliphatic heterocycles. The summed E-state index contributed by atoms with van der Waals surface area (Å²) < 4.78 is 4.64. The molecule has 3 heterocycles. The summed E-state index contributed by atoms with van der Waals surface area (Å²) in [6.45, 7) is 7.41. The van der Waals surface area contributed by atoms with Gasteiger partial charge >= 0.3 is 12.0 Å². The molecule has 3 rings (SSSR count). The van der Waals surface area contributed by atoms with Crippen LogP contribution in [0.5, 0.6) is 0 Å². The maximum absolute atomic E-state index is 12.7. The summed E-state index contributed by atoms with van der Waals surface area (Å²) in [5, 5.41) is 12.4. The van der Waals surface area contributed by atoms with Crippen molar-refractivity contribution in [1.82, 2.24) is 20.0 Å². The van der Waals surface area contributed by atoms with E-state index in [-0.39, 0.29) is 12.0 Å². The fourth-order valence-electron chi connectivity index (χ4n) is 4.07. The van der Waals surface area contributed by atoms with Crippen LogP contribution in [-0.4, -0.2) is 71.8 Å². The predicted molar refractivity (Wildman–Crippen MR) is 113 cm³/mol. The number of carbonyl (C=O) groups is 2. The second-order valence-corrected chi connectivity index (χ2v) is 9.36. The lowest BCUT2D eigenvalue weighted by atomic mass is 9.94. The zero-order valence-corrected chi connectivity index (χ0v) is 18.4. The Balaban J connectivity index is 1.42. The van der Waals surface area contributed by atoms with Crippen LogP contribution in [0, 0.1) is 11.8 Å². The van der Waals surface area contributed by atoms with Gasteiger partial charge in [-0.25, -0.2) is 4.79 Å². The molecule has 1 unspecified atom stereocenters. The summed E-state index contributed by atoms with van der Waals surface area (Å²) in [7, 11) is 1.39. The van der Waals surface area contributed by atoms with E-state index in [0.717, 1.165) is 37.0 Å². The number of methoxy groups -OCH3 is 1. The normalized spacial score (nSPS) is 21.2. The molecular weight excluding hydrogens is 390 g/mol. The number of aryl methyl sites for hydroxylation is 1. The summed E-state index contributed by atoms with van der Waals surface area (Å²) in [6, 6.07) is -0.0840. The molecule has 29 heavy (non-hydrogen) atoms. The van der Waals surface area contributed by atoms with Crippen molar-refractivity contribution in [3.05, 3.63) is 5.01 Å². The number of urea groups is 1. The Labute approximate surface area is 177 Å². The molecule has 1 aromatic heterocycles. The first-order valence-electron chi connectivity index (χ1n) is 10.7. The predicted octanol–water partition coefficient (Wildman–Crippen LogP) is 3.01. The number of anilines is 1. The van der Waals surface area contributed by atoms with Crippen LogP contribution >= 0.6 is 11.3 Å². The number of aromatic nitrogens is 2. The lowest BCUT2D eigenvalue weighted by Gasteiger charge is -2.37. The molecule has 0 aliphatic carbocycles. The SMILES string of the molecule is COC(=O)CCCc1nnc(NC(=O)N2CCCC(CN3CCC(C)CC3)C2)s1. The molecular formula is C20H33N5O3S. The van der Waals surface area contributed by atoms with E-state index < -0.39 is 0 Å². The van der Waals surface area contributed by atoms with Gasteiger partial charge in [-0.3, -0.25) is 10.1 Å². The van der Waals surface area contributed by atoms with Crippen molar-refractivity contribution in [1.29, 1.82) is 0 Å². The molecule has 0 bridgehead atoms. The molecule has 0 aromatic carbocycles. The number of rotatable bonds is 7. The average molecular weight is 424 g/mol. The quantitative estimate of drug-likeness (QED) is 0.679. The summed E-state index contributed by atoms with van der Waals surface area (Å²) in [5.41, 5.74) is 0. The van der Waals surface area contributed by atoms with E-state index in [0.29, 0.717) is 30.3 Å². The Kier molecular flexibility index (Phi) is 8.23. The molecule has 1 N–H and O–H groups in total. The molecule has 2 fully saturated rings. The van der Waals surface area contributed by atoms with Crippen molar-refractivity contribution >= 4 is 28.5 Å². The Morgan fingerprint density at radius 3 is 2.76 bits per heavy atom. The molecule has 2 amide bonds. The van der Waals surface area contributed by atoms with Gasteiger partial charge in [-0.1, -0.05) is 18.3 Å². The monoisotopic (exact) mass is 423 g/mol. The number of nitrogens with one attached hydrogen (secondary N) is 1. The maximum atomic E-state index is 12.7. The van der Waals surface area contributed by atoms with Crippen molar-refractivity contribution in [2.75, 3.05) is 45.2 Å². The smallest absolute Gasteiger partial charge is 0.323 e. The number of esters is 1. The van der Waals surface area contributed by atoms with Gasteiger partial charge in [0.2, 0.25) is 5.13 Å². The molecule has 2 aliphatic rings. The topological polar surface area (TPSA) is 87.7 Å². The van der Waals surface area contributed by atoms with Crippen molar-refractivity contribution < 1.29 is 14.3 Å². The molecule has 0 radical (unpaired) electrons. The molecule has 1 aromatic rings. The van der Waals surface area contributed by atoms with E-state index in [9.17, 15) is 9.59 Å². The molecule has 2 saturated heterocycles. The zero-order valence-electron chi connectivity index (χ0n) is 17.6. The van der Waals surface area contributed by atoms with E-state index >= 15 is 0 Å². The number of likely N-dealkylation sites (tertiary alicyclic amines) is 2. The van der Waals surface area contributed by atoms with E-state index in [1.165, 1.54) is 50.8 Å². The highest BCUT2D eigenvalue weighted by Crippen LogP contribution is 2.23. The van der Waals surface area contributed by atoms with E-state index in [1.54, 1.807) is 0 Å². The number of piperidine rings is 2. The highest BCUT2D eigenvalue weighted by atomic mass is 32.1. The second-order valence-electron chi connectivity index (χ2n) is 8.30. The lowest BCUT2D eigenvalue weighted by molar-refractivity contribution is -0.140. The molecule has 8 nitrogen and oxygen atoms in total. The minimum absolute atomic E-state index is 0.0840. The molecule has 1 atom stereocenters. The van der Waals surface area contributed by atoms with Crippen LogP contribution < -0.4 is 5.32 Å². The third kappa shape index (κ3) is 6.92. The number of ether oxygens (including phenoxy) is 1. The zero-order chi connectivity index (χ0) is 20.6. The molecule has 9 heteroatoms. The minimum atomic E-state index is -0.221. The largest absolute Gasteiger partial charge is 0.469 e. The van der Waals surface area contributed by atoms with Gasteiger partial charge in [-0.2, -0.15) is 0 Å². The number of nitrogens with zero attached hydrogens (tertiary/aromatic N) is 4. The van der Waals surface area contributed by atoms with Crippen molar-refractivity contribution in [3.63, 3.8) is 0 Å². The van der Waals surface area contributed by atoms with Gasteiger partial charge in [0.1, 0.15) is 5.01 Å². The first kappa shape index (κ1) is 22.0. The number of carbonyl (C=O) groups excluding carboxylic acids is 2. The van der Waals surface area contributed by atoms with Crippen LogP contribution in [0.3, 0.4) is 0 Å². The van der Waals surface area contributed by atoms with Crippen molar-refractivity contribution in [2.24, 2.45) is 11.8 Å². The standard InChI is InChI=1S/C20H33N5O3S/c1-15-8-11-24(12-9-15)13-16-5-4-10-25(14-16)20(27)21-19-23-22-17(29-19)6-3-7-18(26)28-2/h15-16H,3-14H2,1-2H3,(H,21,23,27). The first-order chi connectivity index (χ1) is 14.0. The van der Waals surface area contributed by atoms with Gasteiger partial charge in [-0.05, 0) is 57.0 Å². The van der Waals surface area contributed by atoms with Crippen LogP contribution in [-0.2, 0) is 16.0 Å². The van der Waals surface area contributed by atoms with Gasteiger partial charge in [-0.15, -0.1) is 10.2 Å². The summed E-state index contributed by atoms with van der Waals surface area (Å²) >= 11 is 1.37. The van der Waals surface area contributed by atoms with Crippen molar-refractivity contribution in [3.8, 4) is 0 Å². The van der Waals surface area contributed by atoms with Gasteiger partial charge in [0.05, 0.1) is 7.11 Å². The first-order valence-corrected chi connectivity index (χ1v) is 11.5. The fourth-order valence-corrected chi connectivity index (χ4v) is 4.84. The highest BCUT2D eigenvalue weighted by Gasteiger charge is 2.27. The number of hydrogen-bond donors (Lipinski definition) is 1. The van der Waals surface area contributed by atoms with Crippen LogP contribution in [0.2, 0.25) is 0 Å². The third-order valence-corrected chi connectivity index (χ3v) is 6.78. The summed E-state index contributed by atoms with van der Waals surface area (Å²) in [4.78, 5) is 28.3. The van der Waals surface area contributed by atoms with E-state index in [1.807, 2.05) is 4.90 Å². The summed E-state index contributed by atoms with van der Waals surface area (Å²) in [6.07, 6.45) is 6.51. The Morgan fingerprint density at radius 2 is 2.00 bits per heavy atom. The number of hydrogen-bond acceptors (Lipinski definition) is 7. The van der Waals surface area contributed by atoms with Crippen LogP contribution in [0.4, 0.5) is 9.93 Å². The van der Waals surface area contributed by atoms with Gasteiger partial charge in [0, 0.05) is 32.5 Å². The Bertz CT molecular complexity index is 675. The van der Waals surface area contributed by atoms with Crippen LogP contribution in [0.15, 0.2) is 0 Å². The summed E-state index contributed by atoms with van der Waals surface area (Å²) in [5.74, 6) is 1.17. The van der Waals surface area contributed by atoms with Gasteiger partial charge in [0.25, 0.3) is 0 Å². The molecule has 0 spiro atoms. The molecule has 162 valence electrons. The van der Waals surface area contributed by atoms with E-state index in [2.05, 4.69) is 32.1 Å². The van der Waals surface area contributed by atoms with Crippen LogP contribution in [0.1, 0.15) is 50.5 Å². The van der Waals surface area contributed by atoms with Crippen molar-refractivity contribution in [2.45, 2.75) is 51.9 Å². The highest BCUT2D eigenvalue weighted by molar-refractivity contribution is 7.15. The van der Waals surface area contributed by atoms with Gasteiger partial charge < -0.3 is 14.5 Å². The fraction of sp³-hybridized carbons (Fsp3) is 0.800. The second kappa shape index (κ2) is 10.9. The maximum Gasteiger partial charge on any atom is 0.323 e. The lowest BCUT2D eigenvalue weighted by Crippen LogP contribution is -2.46.